The maximum absolute atomic E-state index is 5.16. The molecule has 0 amide bonds. The van der Waals surface area contributed by atoms with Crippen molar-refractivity contribution in [2.45, 2.75) is 32.2 Å². The van der Waals surface area contributed by atoms with Gasteiger partial charge in [0.2, 0.25) is 0 Å². The fourth-order valence-corrected chi connectivity index (χ4v) is 2.12. The van der Waals surface area contributed by atoms with E-state index in [-0.39, 0.29) is 0 Å². The van der Waals surface area contributed by atoms with Crippen LogP contribution in [0.1, 0.15) is 31.7 Å². The van der Waals surface area contributed by atoms with E-state index in [0.717, 1.165) is 24.1 Å². The fourth-order valence-electron chi connectivity index (χ4n) is 2.12. The zero-order chi connectivity index (χ0) is 11.5. The quantitative estimate of drug-likeness (QED) is 0.822. The summed E-state index contributed by atoms with van der Waals surface area (Å²) >= 11 is 0. The van der Waals surface area contributed by atoms with Gasteiger partial charge in [0.1, 0.15) is 5.75 Å². The van der Waals surface area contributed by atoms with Crippen LogP contribution in [-0.2, 0) is 0 Å². The Hall–Kier alpha value is -1.02. The Morgan fingerprint density at radius 2 is 2.00 bits per heavy atom. The van der Waals surface area contributed by atoms with Crippen LogP contribution >= 0.6 is 0 Å². The molecule has 1 N–H and O–H groups in total. The summed E-state index contributed by atoms with van der Waals surface area (Å²) in [5.74, 6) is 2.54. The molecule has 2 nitrogen and oxygen atoms in total. The van der Waals surface area contributed by atoms with Crippen molar-refractivity contribution < 1.29 is 4.74 Å². The highest BCUT2D eigenvalue weighted by Gasteiger charge is 2.37. The highest BCUT2D eigenvalue weighted by molar-refractivity contribution is 5.32. The molecule has 0 saturated heterocycles. The van der Waals surface area contributed by atoms with Crippen molar-refractivity contribution in [3.05, 3.63) is 29.8 Å². The van der Waals surface area contributed by atoms with Crippen LogP contribution in [0.3, 0.4) is 0 Å². The maximum atomic E-state index is 5.16. The summed E-state index contributed by atoms with van der Waals surface area (Å²) in [5.41, 5.74) is 1.45. The first-order chi connectivity index (χ1) is 7.70. The molecule has 0 heterocycles. The zero-order valence-corrected chi connectivity index (χ0v) is 10.4. The highest BCUT2D eigenvalue weighted by Crippen LogP contribution is 2.47. The number of hydrogen-bond donors (Lipinski definition) is 1. The van der Waals surface area contributed by atoms with Crippen LogP contribution in [0.2, 0.25) is 0 Å². The van der Waals surface area contributed by atoms with E-state index in [2.05, 4.69) is 43.4 Å². The summed E-state index contributed by atoms with van der Waals surface area (Å²) in [4.78, 5) is 0. The second-order valence-corrected chi connectivity index (χ2v) is 4.94. The van der Waals surface area contributed by atoms with Crippen molar-refractivity contribution in [3.63, 3.8) is 0 Å². The normalized spacial score (nSPS) is 23.5. The maximum Gasteiger partial charge on any atom is 0.118 e. The van der Waals surface area contributed by atoms with Gasteiger partial charge in [-0.2, -0.15) is 0 Å². The number of rotatable bonds is 5. The minimum absolute atomic E-state index is 0.595. The second kappa shape index (κ2) is 4.88. The first kappa shape index (κ1) is 11.5. The smallest absolute Gasteiger partial charge is 0.118 e. The highest BCUT2D eigenvalue weighted by atomic mass is 16.5. The minimum Gasteiger partial charge on any atom is -0.497 e. The molecule has 1 aromatic carbocycles. The Balaban J connectivity index is 1.85. The minimum atomic E-state index is 0.595. The van der Waals surface area contributed by atoms with Crippen LogP contribution in [0.25, 0.3) is 0 Å². The van der Waals surface area contributed by atoms with E-state index >= 15 is 0 Å². The number of nitrogens with one attached hydrogen (secondary N) is 1. The lowest BCUT2D eigenvalue weighted by Crippen LogP contribution is -2.25. The van der Waals surface area contributed by atoms with Gasteiger partial charge in [0.25, 0.3) is 0 Å². The van der Waals surface area contributed by atoms with Gasteiger partial charge in [-0.15, -0.1) is 0 Å². The Morgan fingerprint density at radius 1 is 1.31 bits per heavy atom. The molecule has 0 aromatic heterocycles. The van der Waals surface area contributed by atoms with E-state index in [1.54, 1.807) is 7.11 Å². The molecular formula is C14H21NO. The van der Waals surface area contributed by atoms with Crippen LogP contribution in [-0.4, -0.2) is 19.7 Å². The van der Waals surface area contributed by atoms with E-state index in [1.807, 2.05) is 0 Å². The lowest BCUT2D eigenvalue weighted by Gasteiger charge is -2.07. The van der Waals surface area contributed by atoms with Crippen molar-refractivity contribution in [1.29, 1.82) is 0 Å². The van der Waals surface area contributed by atoms with Crippen LogP contribution < -0.4 is 10.1 Å². The van der Waals surface area contributed by atoms with Crippen LogP contribution in [0, 0.1) is 5.92 Å². The average molecular weight is 219 g/mol. The first-order valence-electron chi connectivity index (χ1n) is 6.08. The largest absolute Gasteiger partial charge is 0.497 e. The summed E-state index contributed by atoms with van der Waals surface area (Å²) in [6, 6.07) is 9.09. The van der Waals surface area contributed by atoms with Crippen LogP contribution in [0.15, 0.2) is 24.3 Å². The fraction of sp³-hybridized carbons (Fsp3) is 0.571. The molecule has 1 aromatic rings. The van der Waals surface area contributed by atoms with Crippen molar-refractivity contribution in [2.75, 3.05) is 13.7 Å². The Morgan fingerprint density at radius 3 is 2.56 bits per heavy atom. The molecule has 16 heavy (non-hydrogen) atoms. The Labute approximate surface area is 98.0 Å². The number of methoxy groups -OCH3 is 1. The molecule has 0 bridgehead atoms. The van der Waals surface area contributed by atoms with Gasteiger partial charge in [0.05, 0.1) is 7.11 Å². The predicted molar refractivity (Wildman–Crippen MR) is 67.0 cm³/mol. The Bertz CT molecular complexity index is 331. The summed E-state index contributed by atoms with van der Waals surface area (Å²) in [6.07, 6.45) is 1.33. The number of benzene rings is 1. The molecule has 0 radical (unpaired) electrons. The average Bonchev–Trinajstić information content (AvgIpc) is 3.06. The molecule has 1 aliphatic rings. The van der Waals surface area contributed by atoms with Crippen molar-refractivity contribution in [1.82, 2.24) is 5.32 Å². The molecule has 88 valence electrons. The third-order valence-corrected chi connectivity index (χ3v) is 3.25. The van der Waals surface area contributed by atoms with Gasteiger partial charge in [-0.1, -0.05) is 26.0 Å². The summed E-state index contributed by atoms with van der Waals surface area (Å²) in [6.45, 7) is 5.55. The molecule has 2 atom stereocenters. The molecule has 2 unspecified atom stereocenters. The third-order valence-electron chi connectivity index (χ3n) is 3.25. The molecule has 0 spiro atoms. The topological polar surface area (TPSA) is 21.3 Å². The van der Waals surface area contributed by atoms with Gasteiger partial charge >= 0.3 is 0 Å². The van der Waals surface area contributed by atoms with Gasteiger partial charge in [0.15, 0.2) is 0 Å². The summed E-state index contributed by atoms with van der Waals surface area (Å²) < 4.78 is 5.16. The van der Waals surface area contributed by atoms with Gasteiger partial charge in [-0.05, 0) is 42.5 Å². The van der Waals surface area contributed by atoms with E-state index in [0.29, 0.717) is 6.04 Å². The summed E-state index contributed by atoms with van der Waals surface area (Å²) in [7, 11) is 1.71. The van der Waals surface area contributed by atoms with E-state index in [4.69, 9.17) is 4.74 Å². The molecular weight excluding hydrogens is 198 g/mol. The Kier molecular flexibility index (Phi) is 3.49. The zero-order valence-electron chi connectivity index (χ0n) is 10.4. The van der Waals surface area contributed by atoms with Gasteiger partial charge < -0.3 is 10.1 Å². The SMILES string of the molecule is COc1ccc(C2CC2CNC(C)C)cc1. The standard InChI is InChI=1S/C14H21NO/c1-10(2)15-9-12-8-14(12)11-4-6-13(16-3)7-5-11/h4-7,10,12,14-15H,8-9H2,1-3H3. The molecule has 1 fully saturated rings. The predicted octanol–water partition coefficient (Wildman–Crippen LogP) is 2.80. The summed E-state index contributed by atoms with van der Waals surface area (Å²) in [5, 5.41) is 3.51. The molecule has 1 aliphatic carbocycles. The lowest BCUT2D eigenvalue weighted by atomic mass is 10.1. The number of ether oxygens (including phenoxy) is 1. The van der Waals surface area contributed by atoms with Crippen molar-refractivity contribution in [2.24, 2.45) is 5.92 Å². The van der Waals surface area contributed by atoms with Crippen LogP contribution in [0.4, 0.5) is 0 Å². The lowest BCUT2D eigenvalue weighted by molar-refractivity contribution is 0.414. The van der Waals surface area contributed by atoms with E-state index in [1.165, 1.54) is 12.0 Å². The van der Waals surface area contributed by atoms with Gasteiger partial charge in [-0.3, -0.25) is 0 Å². The molecule has 2 rings (SSSR count). The monoisotopic (exact) mass is 219 g/mol. The van der Waals surface area contributed by atoms with Gasteiger partial charge in [-0.25, -0.2) is 0 Å². The van der Waals surface area contributed by atoms with E-state index < -0.39 is 0 Å². The van der Waals surface area contributed by atoms with Crippen molar-refractivity contribution in [3.8, 4) is 5.75 Å². The molecule has 1 saturated carbocycles. The number of hydrogen-bond acceptors (Lipinski definition) is 2. The van der Waals surface area contributed by atoms with E-state index in [9.17, 15) is 0 Å². The van der Waals surface area contributed by atoms with Crippen LogP contribution in [0.5, 0.6) is 5.75 Å². The van der Waals surface area contributed by atoms with Gasteiger partial charge in [0, 0.05) is 6.04 Å². The second-order valence-electron chi connectivity index (χ2n) is 4.94. The first-order valence-corrected chi connectivity index (χ1v) is 6.08. The third kappa shape index (κ3) is 2.76. The van der Waals surface area contributed by atoms with Crippen molar-refractivity contribution >= 4 is 0 Å². The molecule has 2 heteroatoms. The molecule has 0 aliphatic heterocycles.